The molecule has 0 aromatic rings. The topological polar surface area (TPSA) is 64.3 Å². The average molecular weight is 214 g/mol. The van der Waals surface area contributed by atoms with Gasteiger partial charge in [0, 0.05) is 19.2 Å². The summed E-state index contributed by atoms with van der Waals surface area (Å²) in [7, 11) is 0. The summed E-state index contributed by atoms with van der Waals surface area (Å²) >= 11 is 0. The van der Waals surface area contributed by atoms with E-state index in [1.807, 2.05) is 0 Å². The first-order valence-corrected chi connectivity index (χ1v) is 5.75. The molecule has 0 spiro atoms. The van der Waals surface area contributed by atoms with Crippen LogP contribution in [0.1, 0.15) is 33.1 Å². The fraction of sp³-hybridized carbons (Fsp3) is 0.909. The fourth-order valence-corrected chi connectivity index (χ4v) is 1.86. The van der Waals surface area contributed by atoms with Gasteiger partial charge in [0.1, 0.15) is 6.10 Å². The normalized spacial score (nSPS) is 23.1. The van der Waals surface area contributed by atoms with E-state index in [0.29, 0.717) is 19.1 Å². The number of nitrogens with two attached hydrogens (primary N) is 1. The van der Waals surface area contributed by atoms with Crippen LogP contribution in [0.3, 0.4) is 0 Å². The molecule has 3 N–H and O–H groups in total. The summed E-state index contributed by atoms with van der Waals surface area (Å²) in [6.07, 6.45) is 2.50. The van der Waals surface area contributed by atoms with Crippen LogP contribution in [0.25, 0.3) is 0 Å². The second kappa shape index (κ2) is 6.08. The molecule has 1 aliphatic rings. The van der Waals surface area contributed by atoms with Gasteiger partial charge in [0.05, 0.1) is 0 Å². The summed E-state index contributed by atoms with van der Waals surface area (Å²) < 4.78 is 5.31. The number of hydrogen-bond donors (Lipinski definition) is 2. The Hall–Kier alpha value is -0.610. The van der Waals surface area contributed by atoms with Gasteiger partial charge in [-0.05, 0) is 25.2 Å². The molecule has 0 saturated carbocycles. The molecule has 1 unspecified atom stereocenters. The number of hydrogen-bond acceptors (Lipinski definition) is 3. The first-order valence-electron chi connectivity index (χ1n) is 5.75. The molecule has 0 aliphatic carbocycles. The van der Waals surface area contributed by atoms with E-state index in [0.717, 1.165) is 19.3 Å². The number of nitrogens with one attached hydrogen (secondary N) is 1. The molecule has 1 amide bonds. The van der Waals surface area contributed by atoms with Crippen LogP contribution in [0.4, 0.5) is 0 Å². The van der Waals surface area contributed by atoms with E-state index in [1.165, 1.54) is 0 Å². The summed E-state index contributed by atoms with van der Waals surface area (Å²) in [4.78, 5) is 11.7. The molecule has 4 nitrogen and oxygen atoms in total. The lowest BCUT2D eigenvalue weighted by Gasteiger charge is -2.20. The molecular formula is C11H22N2O2. The molecule has 0 aromatic carbocycles. The summed E-state index contributed by atoms with van der Waals surface area (Å²) in [5, 5.41) is 2.95. The van der Waals surface area contributed by atoms with Crippen molar-refractivity contribution >= 4 is 5.91 Å². The standard InChI is InChI=1S/C11H22N2O2/c1-8(2)6-9(7-12)13-11(14)10-4-3-5-15-10/h8-10H,3-7,12H2,1-2H3,(H,13,14)/t9?,10-/m1/s1. The Morgan fingerprint density at radius 1 is 1.60 bits per heavy atom. The smallest absolute Gasteiger partial charge is 0.249 e. The molecule has 1 heterocycles. The van der Waals surface area contributed by atoms with Gasteiger partial charge in [-0.2, -0.15) is 0 Å². The number of rotatable bonds is 5. The van der Waals surface area contributed by atoms with Gasteiger partial charge in [-0.15, -0.1) is 0 Å². The quantitative estimate of drug-likeness (QED) is 0.706. The zero-order valence-corrected chi connectivity index (χ0v) is 9.66. The van der Waals surface area contributed by atoms with Crippen molar-refractivity contribution < 1.29 is 9.53 Å². The summed E-state index contributed by atoms with van der Waals surface area (Å²) in [5.41, 5.74) is 5.61. The average Bonchev–Trinajstić information content (AvgIpc) is 2.68. The van der Waals surface area contributed by atoms with Gasteiger partial charge in [-0.3, -0.25) is 4.79 Å². The Kier molecular flexibility index (Phi) is 5.05. The van der Waals surface area contributed by atoms with Crippen molar-refractivity contribution in [2.24, 2.45) is 11.7 Å². The Bertz CT molecular complexity index is 201. The third-order valence-corrected chi connectivity index (χ3v) is 2.61. The van der Waals surface area contributed by atoms with Crippen molar-refractivity contribution in [3.63, 3.8) is 0 Å². The Morgan fingerprint density at radius 2 is 2.33 bits per heavy atom. The molecule has 1 rings (SSSR count). The van der Waals surface area contributed by atoms with Crippen molar-refractivity contribution in [3.8, 4) is 0 Å². The van der Waals surface area contributed by atoms with Crippen LogP contribution in [-0.2, 0) is 9.53 Å². The highest BCUT2D eigenvalue weighted by atomic mass is 16.5. The molecule has 15 heavy (non-hydrogen) atoms. The highest BCUT2D eigenvalue weighted by Crippen LogP contribution is 2.12. The maximum atomic E-state index is 11.7. The van der Waals surface area contributed by atoms with Gasteiger partial charge >= 0.3 is 0 Å². The van der Waals surface area contributed by atoms with Crippen molar-refractivity contribution in [2.45, 2.75) is 45.3 Å². The molecule has 0 bridgehead atoms. The van der Waals surface area contributed by atoms with Crippen LogP contribution in [0, 0.1) is 5.92 Å². The molecule has 88 valence electrons. The van der Waals surface area contributed by atoms with Gasteiger partial charge in [0.2, 0.25) is 5.91 Å². The van der Waals surface area contributed by atoms with E-state index < -0.39 is 0 Å². The third-order valence-electron chi connectivity index (χ3n) is 2.61. The third kappa shape index (κ3) is 4.18. The highest BCUT2D eigenvalue weighted by molar-refractivity contribution is 5.81. The largest absolute Gasteiger partial charge is 0.368 e. The maximum absolute atomic E-state index is 11.7. The predicted octanol–water partition coefficient (Wildman–Crippen LogP) is 0.655. The van der Waals surface area contributed by atoms with E-state index in [1.54, 1.807) is 0 Å². The summed E-state index contributed by atoms with van der Waals surface area (Å²) in [6.45, 7) is 5.45. The van der Waals surface area contributed by atoms with Crippen molar-refractivity contribution in [3.05, 3.63) is 0 Å². The van der Waals surface area contributed by atoms with Crippen LogP contribution in [-0.4, -0.2) is 31.2 Å². The van der Waals surface area contributed by atoms with E-state index >= 15 is 0 Å². The molecule has 1 saturated heterocycles. The predicted molar refractivity (Wildman–Crippen MR) is 59.4 cm³/mol. The van der Waals surface area contributed by atoms with E-state index in [9.17, 15) is 4.79 Å². The molecule has 0 radical (unpaired) electrons. The minimum absolute atomic E-state index is 0.00333. The van der Waals surface area contributed by atoms with Gasteiger partial charge in [0.25, 0.3) is 0 Å². The van der Waals surface area contributed by atoms with E-state index in [2.05, 4.69) is 19.2 Å². The zero-order valence-electron chi connectivity index (χ0n) is 9.66. The molecule has 2 atom stereocenters. The molecule has 1 fully saturated rings. The zero-order chi connectivity index (χ0) is 11.3. The van der Waals surface area contributed by atoms with E-state index in [-0.39, 0.29) is 18.1 Å². The van der Waals surface area contributed by atoms with Crippen LogP contribution in [0.15, 0.2) is 0 Å². The lowest BCUT2D eigenvalue weighted by molar-refractivity contribution is -0.130. The molecular weight excluding hydrogens is 192 g/mol. The van der Waals surface area contributed by atoms with Crippen LogP contribution < -0.4 is 11.1 Å². The molecule has 4 heteroatoms. The Morgan fingerprint density at radius 3 is 2.80 bits per heavy atom. The SMILES string of the molecule is CC(C)CC(CN)NC(=O)[C@H]1CCCO1. The Balaban J connectivity index is 2.33. The molecule has 1 aliphatic heterocycles. The lowest BCUT2D eigenvalue weighted by Crippen LogP contribution is -2.45. The number of carbonyl (C=O) groups excluding carboxylic acids is 1. The second-order valence-electron chi connectivity index (χ2n) is 4.57. The van der Waals surface area contributed by atoms with Crippen molar-refractivity contribution in [1.82, 2.24) is 5.32 Å². The maximum Gasteiger partial charge on any atom is 0.249 e. The van der Waals surface area contributed by atoms with Crippen molar-refractivity contribution in [2.75, 3.05) is 13.2 Å². The number of ether oxygens (including phenoxy) is 1. The molecule has 0 aromatic heterocycles. The van der Waals surface area contributed by atoms with Crippen molar-refractivity contribution in [1.29, 1.82) is 0 Å². The second-order valence-corrected chi connectivity index (χ2v) is 4.57. The van der Waals surface area contributed by atoms with E-state index in [4.69, 9.17) is 10.5 Å². The lowest BCUT2D eigenvalue weighted by atomic mass is 10.0. The van der Waals surface area contributed by atoms with Crippen LogP contribution in [0.5, 0.6) is 0 Å². The van der Waals surface area contributed by atoms with Gasteiger partial charge in [0.15, 0.2) is 0 Å². The highest BCUT2D eigenvalue weighted by Gasteiger charge is 2.25. The van der Waals surface area contributed by atoms with Gasteiger partial charge in [-0.25, -0.2) is 0 Å². The van der Waals surface area contributed by atoms with Gasteiger partial charge in [-0.1, -0.05) is 13.8 Å². The first-order chi connectivity index (χ1) is 7.13. The van der Waals surface area contributed by atoms with Gasteiger partial charge < -0.3 is 15.8 Å². The minimum Gasteiger partial charge on any atom is -0.368 e. The monoisotopic (exact) mass is 214 g/mol. The fourth-order valence-electron chi connectivity index (χ4n) is 1.86. The Labute approximate surface area is 91.5 Å². The minimum atomic E-state index is -0.244. The number of amides is 1. The summed E-state index contributed by atoms with van der Waals surface area (Å²) in [6, 6.07) is 0.0849. The number of carbonyl (C=O) groups is 1. The van der Waals surface area contributed by atoms with Crippen LogP contribution in [0.2, 0.25) is 0 Å². The first kappa shape index (κ1) is 12.5. The van der Waals surface area contributed by atoms with Crippen LogP contribution >= 0.6 is 0 Å². The summed E-state index contributed by atoms with van der Waals surface area (Å²) in [5.74, 6) is 0.548.